The summed E-state index contributed by atoms with van der Waals surface area (Å²) in [6, 6.07) is 9.99. The average molecular weight is 284 g/mol. The van der Waals surface area contributed by atoms with Crippen molar-refractivity contribution in [2.24, 2.45) is 0 Å². The zero-order valence-corrected chi connectivity index (χ0v) is 12.4. The van der Waals surface area contributed by atoms with Gasteiger partial charge in [0, 0.05) is 18.3 Å². The van der Waals surface area contributed by atoms with Crippen molar-refractivity contribution < 1.29 is 4.74 Å². The molecule has 0 bridgehead atoms. The summed E-state index contributed by atoms with van der Waals surface area (Å²) in [6.45, 7) is 0. The molecule has 1 aliphatic carbocycles. The van der Waals surface area contributed by atoms with E-state index in [2.05, 4.69) is 34.2 Å². The van der Waals surface area contributed by atoms with Gasteiger partial charge in [-0.3, -0.25) is 4.98 Å². The molecule has 2 aromatic rings. The summed E-state index contributed by atoms with van der Waals surface area (Å²) >= 11 is 0. The molecule has 0 unspecified atom stereocenters. The first-order valence-electron chi connectivity index (χ1n) is 7.32. The van der Waals surface area contributed by atoms with Gasteiger partial charge in [0.15, 0.2) is 0 Å². The second kappa shape index (κ2) is 6.18. The third-order valence-corrected chi connectivity index (χ3v) is 3.92. The molecule has 1 fully saturated rings. The molecule has 0 N–H and O–H groups in total. The lowest BCUT2D eigenvalue weighted by Crippen LogP contribution is -2.38. The first-order chi connectivity index (χ1) is 10.2. The minimum Gasteiger partial charge on any atom is -0.472 e. The van der Waals surface area contributed by atoms with Crippen molar-refractivity contribution in [3.8, 4) is 17.3 Å². The Morgan fingerprint density at radius 1 is 1.05 bits per heavy atom. The van der Waals surface area contributed by atoms with Gasteiger partial charge in [-0.1, -0.05) is 6.07 Å². The van der Waals surface area contributed by atoms with Gasteiger partial charge < -0.3 is 9.64 Å². The van der Waals surface area contributed by atoms with E-state index in [1.165, 1.54) is 12.8 Å². The number of likely N-dealkylation sites (N-methyl/N-ethyl adjacent to an activating group) is 1. The summed E-state index contributed by atoms with van der Waals surface area (Å²) in [6.07, 6.45) is 5.41. The van der Waals surface area contributed by atoms with Gasteiger partial charge in [0.2, 0.25) is 5.88 Å². The fourth-order valence-corrected chi connectivity index (χ4v) is 2.82. The van der Waals surface area contributed by atoms with Gasteiger partial charge in [-0.15, -0.1) is 10.2 Å². The molecule has 1 aliphatic rings. The molecule has 0 radical (unpaired) electrons. The molecule has 110 valence electrons. The summed E-state index contributed by atoms with van der Waals surface area (Å²) in [5.41, 5.74) is 1.59. The van der Waals surface area contributed by atoms with Gasteiger partial charge in [0.25, 0.3) is 0 Å². The third kappa shape index (κ3) is 3.19. The van der Waals surface area contributed by atoms with Crippen LogP contribution in [-0.4, -0.2) is 46.3 Å². The van der Waals surface area contributed by atoms with Crippen molar-refractivity contribution in [2.75, 3.05) is 14.1 Å². The van der Waals surface area contributed by atoms with Crippen molar-refractivity contribution in [3.63, 3.8) is 0 Å². The summed E-state index contributed by atoms with van der Waals surface area (Å²) in [7, 11) is 4.20. The number of aromatic nitrogens is 3. The van der Waals surface area contributed by atoms with Crippen LogP contribution in [0.4, 0.5) is 0 Å². The van der Waals surface area contributed by atoms with E-state index in [0.717, 1.165) is 17.8 Å². The maximum Gasteiger partial charge on any atom is 0.233 e. The Bertz CT molecular complexity index is 571. The Morgan fingerprint density at radius 2 is 1.95 bits per heavy atom. The number of ether oxygens (including phenoxy) is 1. The van der Waals surface area contributed by atoms with Crippen LogP contribution in [0.25, 0.3) is 11.4 Å². The molecule has 0 spiro atoms. The number of nitrogens with zero attached hydrogens (tertiary/aromatic N) is 4. The van der Waals surface area contributed by atoms with Crippen LogP contribution in [0.3, 0.4) is 0 Å². The molecule has 3 rings (SSSR count). The van der Waals surface area contributed by atoms with Gasteiger partial charge in [0.05, 0.1) is 5.69 Å². The molecule has 2 heterocycles. The largest absolute Gasteiger partial charge is 0.472 e. The van der Waals surface area contributed by atoms with Crippen LogP contribution in [0.1, 0.15) is 19.3 Å². The van der Waals surface area contributed by atoms with Crippen molar-refractivity contribution >= 4 is 0 Å². The molecule has 0 aliphatic heterocycles. The van der Waals surface area contributed by atoms with Gasteiger partial charge >= 0.3 is 0 Å². The van der Waals surface area contributed by atoms with Gasteiger partial charge in [-0.25, -0.2) is 0 Å². The normalized spacial score (nSPS) is 21.7. The number of pyridine rings is 1. The zero-order valence-electron chi connectivity index (χ0n) is 12.4. The van der Waals surface area contributed by atoms with Gasteiger partial charge in [0.1, 0.15) is 11.8 Å². The predicted molar refractivity (Wildman–Crippen MR) is 81.0 cm³/mol. The second-order valence-electron chi connectivity index (χ2n) is 5.59. The Morgan fingerprint density at radius 3 is 2.62 bits per heavy atom. The lowest BCUT2D eigenvalue weighted by atomic mass is 10.2. The quantitative estimate of drug-likeness (QED) is 0.863. The molecule has 5 heteroatoms. The Labute approximate surface area is 125 Å². The molecule has 0 aromatic carbocycles. The smallest absolute Gasteiger partial charge is 0.233 e. The molecule has 21 heavy (non-hydrogen) atoms. The first-order valence-corrected chi connectivity index (χ1v) is 7.32. The lowest BCUT2D eigenvalue weighted by Gasteiger charge is -2.26. The molecular formula is C16H20N4O. The SMILES string of the molecule is CN(C)[C@@H]1CCC[C@H]1Oc1ccc(-c2ccccn2)nn1. The van der Waals surface area contributed by atoms with E-state index in [4.69, 9.17) is 4.74 Å². The molecule has 5 nitrogen and oxygen atoms in total. The molecular weight excluding hydrogens is 264 g/mol. The minimum atomic E-state index is 0.204. The van der Waals surface area contributed by atoms with E-state index >= 15 is 0 Å². The highest BCUT2D eigenvalue weighted by Gasteiger charge is 2.30. The molecule has 0 amide bonds. The second-order valence-corrected chi connectivity index (χ2v) is 5.59. The van der Waals surface area contributed by atoms with Crippen LogP contribution in [0.2, 0.25) is 0 Å². The maximum absolute atomic E-state index is 6.00. The lowest BCUT2D eigenvalue weighted by molar-refractivity contribution is 0.115. The summed E-state index contributed by atoms with van der Waals surface area (Å²) in [5, 5.41) is 8.39. The molecule has 2 aromatic heterocycles. The van der Waals surface area contributed by atoms with Gasteiger partial charge in [-0.05, 0) is 51.6 Å². The number of hydrogen-bond acceptors (Lipinski definition) is 5. The van der Waals surface area contributed by atoms with E-state index in [-0.39, 0.29) is 6.10 Å². The summed E-state index contributed by atoms with van der Waals surface area (Å²) in [5.74, 6) is 0.591. The highest BCUT2D eigenvalue weighted by atomic mass is 16.5. The minimum absolute atomic E-state index is 0.204. The van der Waals surface area contributed by atoms with Crippen molar-refractivity contribution in [1.82, 2.24) is 20.1 Å². The van der Waals surface area contributed by atoms with Crippen LogP contribution in [0.15, 0.2) is 36.5 Å². The van der Waals surface area contributed by atoms with Crippen LogP contribution in [0.5, 0.6) is 5.88 Å². The van der Waals surface area contributed by atoms with E-state index in [1.54, 1.807) is 6.20 Å². The predicted octanol–water partition coefficient (Wildman–Crippen LogP) is 2.40. The Hall–Kier alpha value is -2.01. The Kier molecular flexibility index (Phi) is 4.10. The summed E-state index contributed by atoms with van der Waals surface area (Å²) in [4.78, 5) is 6.50. The number of rotatable bonds is 4. The van der Waals surface area contributed by atoms with Gasteiger partial charge in [-0.2, -0.15) is 0 Å². The molecule has 1 saturated carbocycles. The maximum atomic E-state index is 6.00. The standard InChI is InChI=1S/C16H20N4O/c1-20(2)14-7-5-8-15(14)21-16-10-9-13(18-19-16)12-6-3-4-11-17-12/h3-4,6,9-11,14-15H,5,7-8H2,1-2H3/t14-,15-/m1/s1. The fraction of sp³-hybridized carbons (Fsp3) is 0.438. The highest BCUT2D eigenvalue weighted by molar-refractivity contribution is 5.52. The average Bonchev–Trinajstić information content (AvgIpc) is 2.97. The van der Waals surface area contributed by atoms with Crippen LogP contribution in [-0.2, 0) is 0 Å². The first kappa shape index (κ1) is 13.9. The fourth-order valence-electron chi connectivity index (χ4n) is 2.82. The third-order valence-electron chi connectivity index (χ3n) is 3.92. The van der Waals surface area contributed by atoms with Crippen LogP contribution < -0.4 is 4.74 Å². The zero-order chi connectivity index (χ0) is 14.7. The molecule has 2 atom stereocenters. The van der Waals surface area contributed by atoms with Crippen LogP contribution >= 0.6 is 0 Å². The van der Waals surface area contributed by atoms with Crippen molar-refractivity contribution in [2.45, 2.75) is 31.4 Å². The summed E-state index contributed by atoms with van der Waals surface area (Å²) < 4.78 is 6.00. The molecule has 0 saturated heterocycles. The van der Waals surface area contributed by atoms with Crippen molar-refractivity contribution in [3.05, 3.63) is 36.5 Å². The van der Waals surface area contributed by atoms with Crippen LogP contribution in [0, 0.1) is 0 Å². The Balaban J connectivity index is 1.70. The van der Waals surface area contributed by atoms with E-state index in [0.29, 0.717) is 11.9 Å². The van der Waals surface area contributed by atoms with E-state index in [1.807, 2.05) is 30.3 Å². The topological polar surface area (TPSA) is 51.1 Å². The number of hydrogen-bond donors (Lipinski definition) is 0. The van der Waals surface area contributed by atoms with E-state index in [9.17, 15) is 0 Å². The monoisotopic (exact) mass is 284 g/mol. The highest BCUT2D eigenvalue weighted by Crippen LogP contribution is 2.26. The van der Waals surface area contributed by atoms with E-state index < -0.39 is 0 Å². The van der Waals surface area contributed by atoms with Crippen molar-refractivity contribution in [1.29, 1.82) is 0 Å².